The standard InChI is InChI=1S/C21H31N3O2/c1-3-24-16-21(11-9-20(24)26)10-6-12-23(15-21)14-19(25)22-13-18-8-5-4-7-17(18)2/h4-5,7-8H,3,6,9-16H2,1-2H3,(H,22,25). The lowest BCUT2D eigenvalue weighted by Gasteiger charge is -2.48. The van der Waals surface area contributed by atoms with Crippen molar-refractivity contribution in [2.75, 3.05) is 32.7 Å². The molecule has 0 aromatic heterocycles. The van der Waals surface area contributed by atoms with Crippen LogP contribution in [0.2, 0.25) is 0 Å². The summed E-state index contributed by atoms with van der Waals surface area (Å²) in [6.45, 7) is 8.70. The molecule has 1 unspecified atom stereocenters. The molecule has 0 aliphatic carbocycles. The molecule has 1 aromatic carbocycles. The smallest absolute Gasteiger partial charge is 0.234 e. The SMILES string of the molecule is CCN1CC2(CCCN(CC(=O)NCc3ccccc3C)C2)CCC1=O. The minimum atomic E-state index is 0.0875. The van der Waals surface area contributed by atoms with Crippen molar-refractivity contribution in [2.24, 2.45) is 5.41 Å². The normalized spacial score (nSPS) is 24.1. The molecular formula is C21H31N3O2. The van der Waals surface area contributed by atoms with E-state index in [4.69, 9.17) is 0 Å². The summed E-state index contributed by atoms with van der Waals surface area (Å²) in [4.78, 5) is 28.7. The molecule has 3 rings (SSSR count). The summed E-state index contributed by atoms with van der Waals surface area (Å²) in [5, 5.41) is 3.06. The lowest BCUT2D eigenvalue weighted by molar-refractivity contribution is -0.139. The van der Waals surface area contributed by atoms with Crippen LogP contribution in [0.1, 0.15) is 43.7 Å². The molecule has 2 aliphatic heterocycles. The highest BCUT2D eigenvalue weighted by atomic mass is 16.2. The van der Waals surface area contributed by atoms with Crippen LogP contribution in [0.25, 0.3) is 0 Å². The van der Waals surface area contributed by atoms with E-state index in [2.05, 4.69) is 36.2 Å². The average molecular weight is 357 g/mol. The average Bonchev–Trinajstić information content (AvgIpc) is 2.63. The van der Waals surface area contributed by atoms with Gasteiger partial charge in [0.25, 0.3) is 0 Å². The first-order valence-electron chi connectivity index (χ1n) is 9.83. The molecule has 5 heteroatoms. The van der Waals surface area contributed by atoms with Gasteiger partial charge in [0, 0.05) is 38.0 Å². The van der Waals surface area contributed by atoms with Gasteiger partial charge in [0.1, 0.15) is 0 Å². The van der Waals surface area contributed by atoms with E-state index in [0.717, 1.165) is 45.4 Å². The molecular weight excluding hydrogens is 326 g/mol. The molecule has 142 valence electrons. The zero-order chi connectivity index (χ0) is 18.6. The van der Waals surface area contributed by atoms with Crippen molar-refractivity contribution in [3.05, 3.63) is 35.4 Å². The maximum atomic E-state index is 12.4. The molecule has 0 radical (unpaired) electrons. The first kappa shape index (κ1) is 18.9. The molecule has 2 heterocycles. The van der Waals surface area contributed by atoms with E-state index < -0.39 is 0 Å². The Labute approximate surface area is 156 Å². The first-order chi connectivity index (χ1) is 12.5. The second-order valence-corrected chi connectivity index (χ2v) is 7.93. The van der Waals surface area contributed by atoms with Gasteiger partial charge in [-0.25, -0.2) is 0 Å². The van der Waals surface area contributed by atoms with E-state index in [1.54, 1.807) is 0 Å². The predicted molar refractivity (Wildman–Crippen MR) is 103 cm³/mol. The number of rotatable bonds is 5. The van der Waals surface area contributed by atoms with Crippen LogP contribution >= 0.6 is 0 Å². The number of aryl methyl sites for hydroxylation is 1. The number of carbonyl (C=O) groups is 2. The molecule has 2 saturated heterocycles. The Morgan fingerprint density at radius 2 is 2.04 bits per heavy atom. The lowest BCUT2D eigenvalue weighted by Crippen LogP contribution is -2.55. The summed E-state index contributed by atoms with van der Waals surface area (Å²) < 4.78 is 0. The topological polar surface area (TPSA) is 52.6 Å². The lowest BCUT2D eigenvalue weighted by atomic mass is 9.73. The van der Waals surface area contributed by atoms with Gasteiger partial charge in [-0.05, 0) is 50.8 Å². The molecule has 2 aliphatic rings. The monoisotopic (exact) mass is 357 g/mol. The molecule has 2 amide bonds. The zero-order valence-corrected chi connectivity index (χ0v) is 16.1. The summed E-state index contributed by atoms with van der Waals surface area (Å²) in [5.41, 5.74) is 2.55. The van der Waals surface area contributed by atoms with Gasteiger partial charge in [-0.15, -0.1) is 0 Å². The van der Waals surface area contributed by atoms with Crippen LogP contribution in [0.5, 0.6) is 0 Å². The van der Waals surface area contributed by atoms with Crippen molar-refractivity contribution in [3.8, 4) is 0 Å². The third-order valence-corrected chi connectivity index (χ3v) is 5.97. The van der Waals surface area contributed by atoms with Crippen molar-refractivity contribution < 1.29 is 9.59 Å². The van der Waals surface area contributed by atoms with Gasteiger partial charge in [0.2, 0.25) is 11.8 Å². The maximum Gasteiger partial charge on any atom is 0.234 e. The molecule has 0 saturated carbocycles. The van der Waals surface area contributed by atoms with Gasteiger partial charge in [-0.2, -0.15) is 0 Å². The van der Waals surface area contributed by atoms with E-state index in [9.17, 15) is 9.59 Å². The Balaban J connectivity index is 1.52. The number of hydrogen-bond donors (Lipinski definition) is 1. The Morgan fingerprint density at radius 3 is 2.81 bits per heavy atom. The number of piperidine rings is 2. The van der Waals surface area contributed by atoms with Crippen molar-refractivity contribution in [2.45, 2.75) is 46.1 Å². The number of hydrogen-bond acceptors (Lipinski definition) is 3. The van der Waals surface area contributed by atoms with Crippen LogP contribution in [0.4, 0.5) is 0 Å². The van der Waals surface area contributed by atoms with Gasteiger partial charge in [0.05, 0.1) is 6.54 Å². The third kappa shape index (κ3) is 4.44. The van der Waals surface area contributed by atoms with Gasteiger partial charge >= 0.3 is 0 Å². The number of likely N-dealkylation sites (tertiary alicyclic amines) is 2. The minimum Gasteiger partial charge on any atom is -0.351 e. The van der Waals surface area contributed by atoms with Crippen LogP contribution in [0.15, 0.2) is 24.3 Å². The first-order valence-corrected chi connectivity index (χ1v) is 9.83. The highest BCUT2D eigenvalue weighted by molar-refractivity contribution is 5.78. The van der Waals surface area contributed by atoms with Gasteiger partial charge < -0.3 is 10.2 Å². The van der Waals surface area contributed by atoms with Crippen molar-refractivity contribution in [1.29, 1.82) is 0 Å². The summed E-state index contributed by atoms with van der Waals surface area (Å²) >= 11 is 0. The van der Waals surface area contributed by atoms with Crippen molar-refractivity contribution >= 4 is 11.8 Å². The predicted octanol–water partition coefficient (Wildman–Crippen LogP) is 2.34. The van der Waals surface area contributed by atoms with Crippen LogP contribution in [-0.4, -0.2) is 54.3 Å². The van der Waals surface area contributed by atoms with Crippen LogP contribution in [0.3, 0.4) is 0 Å². The van der Waals surface area contributed by atoms with Crippen molar-refractivity contribution in [1.82, 2.24) is 15.1 Å². The van der Waals surface area contributed by atoms with Crippen LogP contribution in [0, 0.1) is 12.3 Å². The maximum absolute atomic E-state index is 12.4. The number of nitrogens with one attached hydrogen (secondary N) is 1. The Hall–Kier alpha value is -1.88. The number of carbonyl (C=O) groups excluding carboxylic acids is 2. The Kier molecular flexibility index (Phi) is 5.97. The highest BCUT2D eigenvalue weighted by Gasteiger charge is 2.41. The Morgan fingerprint density at radius 1 is 1.23 bits per heavy atom. The molecule has 1 N–H and O–H groups in total. The third-order valence-electron chi connectivity index (χ3n) is 5.97. The summed E-state index contributed by atoms with van der Waals surface area (Å²) in [6.07, 6.45) is 3.89. The molecule has 1 spiro atoms. The quantitative estimate of drug-likeness (QED) is 0.880. The van der Waals surface area contributed by atoms with Crippen LogP contribution in [-0.2, 0) is 16.1 Å². The molecule has 26 heavy (non-hydrogen) atoms. The molecule has 1 atom stereocenters. The van der Waals surface area contributed by atoms with Gasteiger partial charge in [-0.3, -0.25) is 14.5 Å². The number of nitrogens with zero attached hydrogens (tertiary/aromatic N) is 2. The van der Waals surface area contributed by atoms with E-state index in [-0.39, 0.29) is 17.2 Å². The van der Waals surface area contributed by atoms with Crippen LogP contribution < -0.4 is 5.32 Å². The fourth-order valence-corrected chi connectivity index (χ4v) is 4.43. The van der Waals surface area contributed by atoms with E-state index in [1.807, 2.05) is 17.0 Å². The largest absolute Gasteiger partial charge is 0.351 e. The number of amides is 2. The zero-order valence-electron chi connectivity index (χ0n) is 16.1. The van der Waals surface area contributed by atoms with E-state index in [1.165, 1.54) is 11.1 Å². The molecule has 5 nitrogen and oxygen atoms in total. The van der Waals surface area contributed by atoms with Gasteiger partial charge in [-0.1, -0.05) is 24.3 Å². The Bertz CT molecular complexity index is 660. The van der Waals surface area contributed by atoms with Gasteiger partial charge in [0.15, 0.2) is 0 Å². The van der Waals surface area contributed by atoms with Crippen molar-refractivity contribution in [3.63, 3.8) is 0 Å². The molecule has 0 bridgehead atoms. The molecule has 1 aromatic rings. The fourth-order valence-electron chi connectivity index (χ4n) is 4.43. The minimum absolute atomic E-state index is 0.0875. The summed E-state index contributed by atoms with van der Waals surface area (Å²) in [7, 11) is 0. The summed E-state index contributed by atoms with van der Waals surface area (Å²) in [6, 6.07) is 8.15. The number of benzene rings is 1. The van der Waals surface area contributed by atoms with E-state index in [0.29, 0.717) is 19.5 Å². The second kappa shape index (κ2) is 8.21. The van der Waals surface area contributed by atoms with E-state index >= 15 is 0 Å². The summed E-state index contributed by atoms with van der Waals surface area (Å²) in [5.74, 6) is 0.371. The fraction of sp³-hybridized carbons (Fsp3) is 0.619. The highest BCUT2D eigenvalue weighted by Crippen LogP contribution is 2.38. The molecule has 2 fully saturated rings. The second-order valence-electron chi connectivity index (χ2n) is 7.93.